The van der Waals surface area contributed by atoms with Crippen molar-refractivity contribution in [3.05, 3.63) is 0 Å². The van der Waals surface area contributed by atoms with E-state index in [1.807, 2.05) is 0 Å². The standard InChI is InChI=1S/C6H14N2OS/c1-5(2)10-4-3-6(7)8-9/h5,9H,3-4H2,1-2H3,(H2,7,8). The van der Waals surface area contributed by atoms with Gasteiger partial charge in [0.25, 0.3) is 0 Å². The highest BCUT2D eigenvalue weighted by Gasteiger charge is 1.95. The van der Waals surface area contributed by atoms with Gasteiger partial charge in [-0.25, -0.2) is 0 Å². The van der Waals surface area contributed by atoms with Crippen LogP contribution in [-0.4, -0.2) is 22.0 Å². The zero-order valence-electron chi connectivity index (χ0n) is 6.37. The van der Waals surface area contributed by atoms with Gasteiger partial charge in [0, 0.05) is 12.2 Å². The molecule has 3 N–H and O–H groups in total. The van der Waals surface area contributed by atoms with Gasteiger partial charge in [0.2, 0.25) is 0 Å². The summed E-state index contributed by atoms with van der Waals surface area (Å²) in [7, 11) is 0. The van der Waals surface area contributed by atoms with Crippen LogP contribution in [0.3, 0.4) is 0 Å². The smallest absolute Gasteiger partial charge is 0.139 e. The van der Waals surface area contributed by atoms with Crippen LogP contribution in [-0.2, 0) is 0 Å². The molecule has 10 heavy (non-hydrogen) atoms. The molecular formula is C6H14N2OS. The molecule has 4 heteroatoms. The molecule has 0 saturated heterocycles. The molecule has 0 amide bonds. The van der Waals surface area contributed by atoms with Crippen LogP contribution in [0.5, 0.6) is 0 Å². The van der Waals surface area contributed by atoms with Gasteiger partial charge in [-0.1, -0.05) is 19.0 Å². The second-order valence-corrected chi connectivity index (χ2v) is 3.95. The topological polar surface area (TPSA) is 58.6 Å². The molecule has 0 aliphatic rings. The maximum absolute atomic E-state index is 8.15. The van der Waals surface area contributed by atoms with E-state index in [1.165, 1.54) is 0 Å². The van der Waals surface area contributed by atoms with Gasteiger partial charge in [0.05, 0.1) is 0 Å². The summed E-state index contributed by atoms with van der Waals surface area (Å²) in [5.41, 5.74) is 5.25. The number of hydrogen-bond donors (Lipinski definition) is 2. The minimum atomic E-state index is 0.313. The van der Waals surface area contributed by atoms with E-state index in [0.29, 0.717) is 17.5 Å². The second kappa shape index (κ2) is 5.41. The molecule has 0 aromatic rings. The third kappa shape index (κ3) is 5.75. The quantitative estimate of drug-likeness (QED) is 0.283. The highest BCUT2D eigenvalue weighted by atomic mass is 32.2. The van der Waals surface area contributed by atoms with Gasteiger partial charge >= 0.3 is 0 Å². The largest absolute Gasteiger partial charge is 0.409 e. The maximum Gasteiger partial charge on any atom is 0.139 e. The average molecular weight is 162 g/mol. The molecule has 0 rings (SSSR count). The van der Waals surface area contributed by atoms with E-state index in [9.17, 15) is 0 Å². The van der Waals surface area contributed by atoms with Gasteiger partial charge in [-0.2, -0.15) is 11.8 Å². The van der Waals surface area contributed by atoms with Gasteiger partial charge in [-0.3, -0.25) is 0 Å². The number of nitrogens with zero attached hydrogens (tertiary/aromatic N) is 1. The lowest BCUT2D eigenvalue weighted by Crippen LogP contribution is -2.12. The van der Waals surface area contributed by atoms with Gasteiger partial charge in [-0.05, 0) is 5.25 Å². The van der Waals surface area contributed by atoms with Crippen LogP contribution in [0, 0.1) is 0 Å². The monoisotopic (exact) mass is 162 g/mol. The highest BCUT2D eigenvalue weighted by molar-refractivity contribution is 7.99. The summed E-state index contributed by atoms with van der Waals surface area (Å²) in [6.45, 7) is 4.24. The van der Waals surface area contributed by atoms with Crippen molar-refractivity contribution in [3.8, 4) is 0 Å². The van der Waals surface area contributed by atoms with Crippen LogP contribution >= 0.6 is 11.8 Å². The van der Waals surface area contributed by atoms with Crippen LogP contribution in [0.25, 0.3) is 0 Å². The average Bonchev–Trinajstić information content (AvgIpc) is 1.87. The number of amidine groups is 1. The molecular weight excluding hydrogens is 148 g/mol. The summed E-state index contributed by atoms with van der Waals surface area (Å²) in [5.74, 6) is 1.24. The maximum atomic E-state index is 8.15. The lowest BCUT2D eigenvalue weighted by molar-refractivity contribution is 0.317. The second-order valence-electron chi connectivity index (χ2n) is 2.26. The Morgan fingerprint density at radius 1 is 1.70 bits per heavy atom. The number of hydrogen-bond acceptors (Lipinski definition) is 3. The molecule has 0 saturated carbocycles. The van der Waals surface area contributed by atoms with Crippen molar-refractivity contribution in [2.45, 2.75) is 25.5 Å². The molecule has 0 fully saturated rings. The Labute approximate surface area is 65.7 Å². The van der Waals surface area contributed by atoms with Crippen molar-refractivity contribution in [1.29, 1.82) is 0 Å². The molecule has 0 aliphatic carbocycles. The molecule has 0 aromatic carbocycles. The minimum absolute atomic E-state index is 0.313. The first-order valence-electron chi connectivity index (χ1n) is 3.24. The summed E-state index contributed by atoms with van der Waals surface area (Å²) in [6.07, 6.45) is 0.666. The molecule has 0 unspecified atom stereocenters. The molecule has 0 aromatic heterocycles. The fourth-order valence-electron chi connectivity index (χ4n) is 0.449. The van der Waals surface area contributed by atoms with Crippen molar-refractivity contribution in [1.82, 2.24) is 0 Å². The van der Waals surface area contributed by atoms with Crippen molar-refractivity contribution in [2.75, 3.05) is 5.75 Å². The van der Waals surface area contributed by atoms with E-state index < -0.39 is 0 Å². The Morgan fingerprint density at radius 2 is 2.30 bits per heavy atom. The SMILES string of the molecule is CC(C)SCC/C(N)=N/O. The Balaban J connectivity index is 3.20. The van der Waals surface area contributed by atoms with Crippen LogP contribution < -0.4 is 5.73 Å². The van der Waals surface area contributed by atoms with Gasteiger partial charge < -0.3 is 10.9 Å². The Morgan fingerprint density at radius 3 is 2.70 bits per heavy atom. The van der Waals surface area contributed by atoms with Crippen LogP contribution in [0.2, 0.25) is 0 Å². The zero-order chi connectivity index (χ0) is 7.98. The van der Waals surface area contributed by atoms with Gasteiger partial charge in [0.15, 0.2) is 0 Å². The van der Waals surface area contributed by atoms with Crippen LogP contribution in [0.1, 0.15) is 20.3 Å². The van der Waals surface area contributed by atoms with Crippen molar-refractivity contribution in [3.63, 3.8) is 0 Å². The minimum Gasteiger partial charge on any atom is -0.409 e. The van der Waals surface area contributed by atoms with E-state index >= 15 is 0 Å². The third-order valence-corrected chi connectivity index (χ3v) is 2.04. The first kappa shape index (κ1) is 9.62. The number of rotatable bonds is 4. The summed E-state index contributed by atoms with van der Waals surface area (Å²) < 4.78 is 0. The van der Waals surface area contributed by atoms with Crippen LogP contribution in [0.15, 0.2) is 5.16 Å². The molecule has 0 spiro atoms. The first-order valence-corrected chi connectivity index (χ1v) is 4.29. The lowest BCUT2D eigenvalue weighted by atomic mass is 10.5. The Bertz CT molecular complexity index is 114. The van der Waals surface area contributed by atoms with Crippen LogP contribution in [0.4, 0.5) is 0 Å². The third-order valence-electron chi connectivity index (χ3n) is 0.938. The van der Waals surface area contributed by atoms with Gasteiger partial charge in [-0.15, -0.1) is 0 Å². The van der Waals surface area contributed by atoms with Crippen molar-refractivity contribution in [2.24, 2.45) is 10.9 Å². The van der Waals surface area contributed by atoms with Crippen molar-refractivity contribution < 1.29 is 5.21 Å². The molecule has 0 aliphatic heterocycles. The van der Waals surface area contributed by atoms with E-state index in [4.69, 9.17) is 10.9 Å². The Hall–Kier alpha value is -0.380. The summed E-state index contributed by atoms with van der Waals surface area (Å²) in [4.78, 5) is 0. The highest BCUT2D eigenvalue weighted by Crippen LogP contribution is 2.09. The number of nitrogens with two attached hydrogens (primary N) is 1. The fraction of sp³-hybridized carbons (Fsp3) is 0.833. The fourth-order valence-corrected chi connectivity index (χ4v) is 1.25. The van der Waals surface area contributed by atoms with E-state index in [1.54, 1.807) is 11.8 Å². The molecule has 3 nitrogen and oxygen atoms in total. The number of oxime groups is 1. The lowest BCUT2D eigenvalue weighted by Gasteiger charge is -2.02. The number of thioether (sulfide) groups is 1. The first-order chi connectivity index (χ1) is 4.66. The predicted octanol–water partition coefficient (Wildman–Crippen LogP) is 1.26. The molecule has 0 atom stereocenters. The summed E-state index contributed by atoms with van der Waals surface area (Å²) >= 11 is 1.80. The molecule has 0 bridgehead atoms. The molecule has 0 heterocycles. The van der Waals surface area contributed by atoms with E-state index in [0.717, 1.165) is 5.75 Å². The Kier molecular flexibility index (Phi) is 5.20. The molecule has 0 radical (unpaired) electrons. The normalized spacial score (nSPS) is 12.5. The predicted molar refractivity (Wildman–Crippen MR) is 45.6 cm³/mol. The summed E-state index contributed by atoms with van der Waals surface area (Å²) in [5, 5.41) is 11.6. The van der Waals surface area contributed by atoms with Gasteiger partial charge in [0.1, 0.15) is 5.84 Å². The van der Waals surface area contributed by atoms with E-state index in [2.05, 4.69) is 19.0 Å². The van der Waals surface area contributed by atoms with Crippen molar-refractivity contribution >= 4 is 17.6 Å². The molecule has 60 valence electrons. The zero-order valence-corrected chi connectivity index (χ0v) is 7.19. The summed E-state index contributed by atoms with van der Waals surface area (Å²) in [6, 6.07) is 0. The van der Waals surface area contributed by atoms with E-state index in [-0.39, 0.29) is 0 Å².